The number of nitrogens with one attached hydrogen (secondary N) is 1. The number of aromatic nitrogens is 1. The number of carbonyl (C=O) groups is 1. The highest BCUT2D eigenvalue weighted by Gasteiger charge is 2.45. The van der Waals surface area contributed by atoms with Crippen molar-refractivity contribution in [3.05, 3.63) is 33.9 Å². The van der Waals surface area contributed by atoms with E-state index in [1.807, 2.05) is 20.0 Å². The molecule has 30 heavy (non-hydrogen) atoms. The molecule has 0 bridgehead atoms. The second-order valence-electron chi connectivity index (χ2n) is 8.36. The summed E-state index contributed by atoms with van der Waals surface area (Å²) in [5.41, 5.74) is 1.71. The van der Waals surface area contributed by atoms with Crippen LogP contribution in [0.25, 0.3) is 10.9 Å². The number of aliphatic hydroxyl groups is 1. The molecule has 2 heterocycles. The lowest BCUT2D eigenvalue weighted by Gasteiger charge is -2.45. The Hall–Kier alpha value is -1.58. The zero-order valence-corrected chi connectivity index (χ0v) is 18.4. The first-order valence-corrected chi connectivity index (χ1v) is 11.0. The monoisotopic (exact) mass is 487 g/mol. The van der Waals surface area contributed by atoms with Crippen LogP contribution >= 0.6 is 15.9 Å². The van der Waals surface area contributed by atoms with E-state index in [9.17, 15) is 23.1 Å². The second kappa shape index (κ2) is 7.84. The molecule has 1 aliphatic carbocycles. The molecule has 1 aromatic heterocycles. The lowest BCUT2D eigenvalue weighted by molar-refractivity contribution is -0.202. The van der Waals surface area contributed by atoms with Gasteiger partial charge in [0.2, 0.25) is 5.91 Å². The summed E-state index contributed by atoms with van der Waals surface area (Å²) in [6.45, 7) is 2.33. The third-order valence-electron chi connectivity index (χ3n) is 6.64. The summed E-state index contributed by atoms with van der Waals surface area (Å²) >= 11 is 3.21. The van der Waals surface area contributed by atoms with Gasteiger partial charge in [0.05, 0.1) is 28.7 Å². The number of rotatable bonds is 4. The van der Waals surface area contributed by atoms with Crippen LogP contribution in [0, 0.1) is 5.92 Å². The number of hydrogen-bond donors (Lipinski definition) is 2. The second-order valence-corrected chi connectivity index (χ2v) is 9.11. The van der Waals surface area contributed by atoms with Crippen molar-refractivity contribution in [2.24, 2.45) is 5.92 Å². The van der Waals surface area contributed by atoms with Crippen LogP contribution in [0.3, 0.4) is 0 Å². The summed E-state index contributed by atoms with van der Waals surface area (Å²) in [7, 11) is 1.93. The smallest absolute Gasteiger partial charge is 0.394 e. The van der Waals surface area contributed by atoms with Crippen molar-refractivity contribution < 1.29 is 23.1 Å². The minimum atomic E-state index is -4.52. The molecule has 0 saturated carbocycles. The summed E-state index contributed by atoms with van der Waals surface area (Å²) in [5.74, 6) is -0.407. The van der Waals surface area contributed by atoms with Crippen molar-refractivity contribution >= 4 is 32.7 Å². The first-order chi connectivity index (χ1) is 14.2. The quantitative estimate of drug-likeness (QED) is 0.690. The van der Waals surface area contributed by atoms with E-state index < -0.39 is 6.30 Å². The Balaban J connectivity index is 1.73. The molecule has 164 valence electrons. The summed E-state index contributed by atoms with van der Waals surface area (Å²) < 4.78 is 41.7. The zero-order chi connectivity index (χ0) is 21.8. The number of carbonyl (C=O) groups excluding carboxylic acids is 1. The third-order valence-corrected chi connectivity index (χ3v) is 7.47. The number of hydrogen-bond acceptors (Lipinski definition) is 3. The van der Waals surface area contributed by atoms with Gasteiger partial charge in [0.25, 0.3) is 0 Å². The van der Waals surface area contributed by atoms with Gasteiger partial charge in [-0.3, -0.25) is 4.79 Å². The zero-order valence-electron chi connectivity index (χ0n) is 16.8. The van der Waals surface area contributed by atoms with Crippen LogP contribution in [-0.4, -0.2) is 52.8 Å². The van der Waals surface area contributed by atoms with E-state index in [1.54, 1.807) is 6.07 Å². The minimum Gasteiger partial charge on any atom is -0.394 e. The fourth-order valence-corrected chi connectivity index (χ4v) is 5.87. The maximum Gasteiger partial charge on any atom is 0.489 e. The van der Waals surface area contributed by atoms with E-state index >= 15 is 0 Å². The number of amides is 1. The average Bonchev–Trinajstić information content (AvgIpc) is 2.99. The average molecular weight is 488 g/mol. The van der Waals surface area contributed by atoms with Gasteiger partial charge >= 0.3 is 6.30 Å². The summed E-state index contributed by atoms with van der Waals surface area (Å²) in [4.78, 5) is 14.9. The molecule has 9 heteroatoms. The van der Waals surface area contributed by atoms with Crippen molar-refractivity contribution in [1.29, 1.82) is 0 Å². The summed E-state index contributed by atoms with van der Waals surface area (Å²) in [6.07, 6.45) is -2.80. The third kappa shape index (κ3) is 3.44. The molecule has 0 radical (unpaired) electrons. The molecule has 2 aliphatic rings. The molecular formula is C21H25BrF3N3O2. The van der Waals surface area contributed by atoms with Crippen molar-refractivity contribution in [2.75, 3.05) is 20.2 Å². The normalized spacial score (nSPS) is 25.2. The van der Waals surface area contributed by atoms with Gasteiger partial charge in [-0.25, -0.2) is 4.57 Å². The largest absolute Gasteiger partial charge is 0.489 e. The molecule has 1 aliphatic heterocycles. The molecule has 2 aromatic rings. The Bertz CT molecular complexity index is 971. The van der Waals surface area contributed by atoms with E-state index in [2.05, 4.69) is 26.1 Å². The molecule has 1 aromatic carbocycles. The van der Waals surface area contributed by atoms with Crippen molar-refractivity contribution in [3.8, 4) is 0 Å². The van der Waals surface area contributed by atoms with E-state index in [1.165, 1.54) is 6.07 Å². The molecule has 5 nitrogen and oxygen atoms in total. The van der Waals surface area contributed by atoms with Crippen LogP contribution in [0.4, 0.5) is 13.2 Å². The number of fused-ring (bicyclic) bond motifs is 2. The molecule has 1 fully saturated rings. The van der Waals surface area contributed by atoms with Gasteiger partial charge in [0.15, 0.2) is 0 Å². The number of likely N-dealkylation sites (N-methyl/N-ethyl adjacent to an activating group) is 1. The molecule has 1 saturated heterocycles. The van der Waals surface area contributed by atoms with Gasteiger partial charge in [-0.15, -0.1) is 13.2 Å². The lowest BCUT2D eigenvalue weighted by atomic mass is 9.72. The molecule has 2 N–H and O–H groups in total. The Morgan fingerprint density at radius 1 is 1.40 bits per heavy atom. The number of aliphatic hydroxyl groups excluding tert-OH is 1. The van der Waals surface area contributed by atoms with Gasteiger partial charge in [-0.1, -0.05) is 19.1 Å². The van der Waals surface area contributed by atoms with Crippen LogP contribution in [-0.2, 0) is 17.5 Å². The fourth-order valence-electron chi connectivity index (χ4n) is 5.12. The van der Waals surface area contributed by atoms with Crippen LogP contribution < -0.4 is 5.32 Å². The number of benzene rings is 1. The molecule has 0 spiro atoms. The highest BCUT2D eigenvalue weighted by Crippen LogP contribution is 2.49. The number of likely N-dealkylation sites (tertiary alicyclic amines) is 1. The lowest BCUT2D eigenvalue weighted by Crippen LogP contribution is -2.52. The standard InChI is InChI=1S/C21H25BrF3N3O2/c1-3-12(10-29)26-20(30)11-7-14-13-5-4-6-16-18(13)15(8-17(14)27(2)9-11)19(22)28(16)21(23,24)25/h4-6,11-12,14,17,29H,3,7-10H2,1-2H3,(H,26,30)/t11-,12+,14?,17-/m1/s1. The van der Waals surface area contributed by atoms with Gasteiger partial charge in [-0.05, 0) is 59.4 Å². The first-order valence-electron chi connectivity index (χ1n) is 10.2. The van der Waals surface area contributed by atoms with E-state index in [0.29, 0.717) is 41.3 Å². The Morgan fingerprint density at radius 2 is 2.13 bits per heavy atom. The Morgan fingerprint density at radius 3 is 2.77 bits per heavy atom. The highest BCUT2D eigenvalue weighted by atomic mass is 79.9. The van der Waals surface area contributed by atoms with Gasteiger partial charge in [0.1, 0.15) is 0 Å². The van der Waals surface area contributed by atoms with E-state index in [4.69, 9.17) is 0 Å². The van der Waals surface area contributed by atoms with Gasteiger partial charge in [0, 0.05) is 23.9 Å². The van der Waals surface area contributed by atoms with Crippen LogP contribution in [0.1, 0.15) is 36.8 Å². The van der Waals surface area contributed by atoms with Crippen molar-refractivity contribution in [2.45, 2.75) is 50.5 Å². The summed E-state index contributed by atoms with van der Waals surface area (Å²) in [5, 5.41) is 12.9. The number of alkyl halides is 3. The molecule has 1 amide bonds. The number of nitrogens with zero attached hydrogens (tertiary/aromatic N) is 2. The van der Waals surface area contributed by atoms with Crippen LogP contribution in [0.5, 0.6) is 0 Å². The Labute approximate surface area is 181 Å². The van der Waals surface area contributed by atoms with E-state index in [-0.39, 0.29) is 46.6 Å². The fraction of sp³-hybridized carbons (Fsp3) is 0.571. The molecule has 4 atom stereocenters. The SMILES string of the molecule is CC[C@@H](CO)NC(=O)[C@@H]1CC2c3cccc4c3c(c(Br)n4C(F)(F)F)C[C@H]2N(C)C1. The Kier molecular flexibility index (Phi) is 5.65. The van der Waals surface area contributed by atoms with Crippen LogP contribution in [0.15, 0.2) is 22.8 Å². The highest BCUT2D eigenvalue weighted by molar-refractivity contribution is 9.10. The van der Waals surface area contributed by atoms with Crippen molar-refractivity contribution in [3.63, 3.8) is 0 Å². The van der Waals surface area contributed by atoms with Crippen LogP contribution in [0.2, 0.25) is 0 Å². The van der Waals surface area contributed by atoms with Gasteiger partial charge < -0.3 is 15.3 Å². The predicted molar refractivity (Wildman–Crippen MR) is 111 cm³/mol. The molecular weight excluding hydrogens is 463 g/mol. The maximum atomic E-state index is 13.7. The number of piperidine rings is 1. The van der Waals surface area contributed by atoms with E-state index in [0.717, 1.165) is 5.56 Å². The summed E-state index contributed by atoms with van der Waals surface area (Å²) in [6, 6.07) is 4.82. The number of halogens is 4. The molecule has 4 rings (SSSR count). The van der Waals surface area contributed by atoms with Crippen molar-refractivity contribution in [1.82, 2.24) is 14.8 Å². The topological polar surface area (TPSA) is 57.5 Å². The first kappa shape index (κ1) is 21.6. The van der Waals surface area contributed by atoms with Gasteiger partial charge in [-0.2, -0.15) is 0 Å². The predicted octanol–water partition coefficient (Wildman–Crippen LogP) is 3.73. The maximum absolute atomic E-state index is 13.7. The minimum absolute atomic E-state index is 0.0270. The molecule has 1 unspecified atom stereocenters.